The summed E-state index contributed by atoms with van der Waals surface area (Å²) in [6.07, 6.45) is 8.10. The van der Waals surface area contributed by atoms with Crippen molar-refractivity contribution in [2.24, 2.45) is 5.41 Å². The fraction of sp³-hybridized carbons (Fsp3) is 1.00. The molecule has 0 aromatic heterocycles. The second kappa shape index (κ2) is 7.77. The highest BCUT2D eigenvalue weighted by molar-refractivity contribution is 4.89. The van der Waals surface area contributed by atoms with Gasteiger partial charge < -0.3 is 10.1 Å². The largest absolute Gasteiger partial charge is 0.381 e. The van der Waals surface area contributed by atoms with Crippen molar-refractivity contribution in [2.75, 3.05) is 32.8 Å². The monoisotopic (exact) mass is 282 g/mol. The Labute approximate surface area is 125 Å². The van der Waals surface area contributed by atoms with Crippen LogP contribution in [-0.4, -0.2) is 49.8 Å². The molecule has 0 saturated carbocycles. The zero-order valence-electron chi connectivity index (χ0n) is 13.8. The van der Waals surface area contributed by atoms with Crippen LogP contribution in [0.2, 0.25) is 0 Å². The summed E-state index contributed by atoms with van der Waals surface area (Å²) in [5, 5.41) is 3.67. The molecule has 0 aliphatic carbocycles. The predicted octanol–water partition coefficient (Wildman–Crippen LogP) is 3.05. The lowest BCUT2D eigenvalue weighted by Gasteiger charge is -2.43. The predicted molar refractivity (Wildman–Crippen MR) is 85.1 cm³/mol. The van der Waals surface area contributed by atoms with E-state index in [0.29, 0.717) is 11.5 Å². The average Bonchev–Trinajstić information content (AvgIpc) is 2.63. The molecular weight excluding hydrogens is 248 g/mol. The van der Waals surface area contributed by atoms with E-state index >= 15 is 0 Å². The number of ether oxygens (including phenoxy) is 1. The number of likely N-dealkylation sites (tertiary alicyclic amines) is 1. The van der Waals surface area contributed by atoms with Crippen LogP contribution in [0.3, 0.4) is 0 Å². The third kappa shape index (κ3) is 4.71. The maximum atomic E-state index is 5.86. The molecule has 0 radical (unpaired) electrons. The van der Waals surface area contributed by atoms with Crippen LogP contribution in [0.5, 0.6) is 0 Å². The van der Waals surface area contributed by atoms with Crippen molar-refractivity contribution < 1.29 is 4.74 Å². The van der Waals surface area contributed by atoms with Gasteiger partial charge in [-0.2, -0.15) is 0 Å². The first kappa shape index (κ1) is 16.3. The van der Waals surface area contributed by atoms with Gasteiger partial charge in [-0.15, -0.1) is 0 Å². The van der Waals surface area contributed by atoms with Crippen molar-refractivity contribution in [2.45, 2.75) is 71.4 Å². The lowest BCUT2D eigenvalue weighted by atomic mass is 9.81. The Bertz CT molecular complexity index is 274. The van der Waals surface area contributed by atoms with Gasteiger partial charge in [0.1, 0.15) is 0 Å². The van der Waals surface area contributed by atoms with Gasteiger partial charge in [0.05, 0.1) is 6.61 Å². The fourth-order valence-corrected chi connectivity index (χ4v) is 3.65. The van der Waals surface area contributed by atoms with E-state index in [9.17, 15) is 0 Å². The Morgan fingerprint density at radius 1 is 1.25 bits per heavy atom. The van der Waals surface area contributed by atoms with Gasteiger partial charge in [0.25, 0.3) is 0 Å². The zero-order chi connectivity index (χ0) is 14.4. The lowest BCUT2D eigenvalue weighted by molar-refractivity contribution is -0.0322. The quantitative estimate of drug-likeness (QED) is 0.839. The molecule has 1 N–H and O–H groups in total. The molecule has 2 unspecified atom stereocenters. The molecule has 2 fully saturated rings. The molecule has 2 aliphatic heterocycles. The van der Waals surface area contributed by atoms with Crippen molar-refractivity contribution in [3.8, 4) is 0 Å². The van der Waals surface area contributed by atoms with Gasteiger partial charge in [-0.3, -0.25) is 4.90 Å². The maximum Gasteiger partial charge on any atom is 0.0546 e. The van der Waals surface area contributed by atoms with Crippen LogP contribution >= 0.6 is 0 Å². The molecule has 0 bridgehead atoms. The van der Waals surface area contributed by atoms with Gasteiger partial charge in [-0.05, 0) is 39.2 Å². The van der Waals surface area contributed by atoms with E-state index in [0.717, 1.165) is 25.8 Å². The minimum absolute atomic E-state index is 0.334. The summed E-state index contributed by atoms with van der Waals surface area (Å²) in [6, 6.07) is 1.31. The molecule has 2 heterocycles. The molecule has 0 spiro atoms. The lowest BCUT2D eigenvalue weighted by Crippen LogP contribution is -2.51. The molecule has 2 saturated heterocycles. The van der Waals surface area contributed by atoms with Gasteiger partial charge in [0.15, 0.2) is 0 Å². The molecule has 2 atom stereocenters. The molecule has 0 aromatic carbocycles. The first-order valence-electron chi connectivity index (χ1n) is 8.66. The van der Waals surface area contributed by atoms with Crippen molar-refractivity contribution in [1.29, 1.82) is 0 Å². The van der Waals surface area contributed by atoms with Crippen LogP contribution in [0.1, 0.15) is 59.3 Å². The van der Waals surface area contributed by atoms with Crippen LogP contribution in [0, 0.1) is 5.41 Å². The van der Waals surface area contributed by atoms with Gasteiger partial charge in [-0.25, -0.2) is 0 Å². The first-order valence-corrected chi connectivity index (χ1v) is 8.66. The minimum Gasteiger partial charge on any atom is -0.381 e. The van der Waals surface area contributed by atoms with Crippen molar-refractivity contribution >= 4 is 0 Å². The Kier molecular flexibility index (Phi) is 6.31. The van der Waals surface area contributed by atoms with Crippen LogP contribution in [0.15, 0.2) is 0 Å². The van der Waals surface area contributed by atoms with E-state index in [1.165, 1.54) is 51.6 Å². The number of rotatable bonds is 5. The van der Waals surface area contributed by atoms with Crippen LogP contribution in [-0.2, 0) is 4.74 Å². The molecule has 3 heteroatoms. The fourth-order valence-electron chi connectivity index (χ4n) is 3.65. The molecular formula is C17H34N2O. The summed E-state index contributed by atoms with van der Waals surface area (Å²) in [5.41, 5.74) is 0.334. The molecule has 2 aliphatic rings. The molecule has 2 rings (SSSR count). The molecule has 0 amide bonds. The van der Waals surface area contributed by atoms with Crippen molar-refractivity contribution in [3.63, 3.8) is 0 Å². The SMILES string of the molecule is CC(C)NCC1(CN2CCCCCC2C)CCCOC1. The van der Waals surface area contributed by atoms with Crippen molar-refractivity contribution in [1.82, 2.24) is 10.2 Å². The molecule has 0 aromatic rings. The summed E-state index contributed by atoms with van der Waals surface area (Å²) in [6.45, 7) is 12.4. The van der Waals surface area contributed by atoms with E-state index in [4.69, 9.17) is 4.74 Å². The highest BCUT2D eigenvalue weighted by Crippen LogP contribution is 2.31. The third-order valence-electron chi connectivity index (χ3n) is 5.02. The molecule has 118 valence electrons. The summed E-state index contributed by atoms with van der Waals surface area (Å²) in [5.74, 6) is 0. The second-order valence-electron chi connectivity index (χ2n) is 7.36. The third-order valence-corrected chi connectivity index (χ3v) is 5.02. The Morgan fingerprint density at radius 3 is 2.80 bits per heavy atom. The van der Waals surface area contributed by atoms with E-state index < -0.39 is 0 Å². The zero-order valence-corrected chi connectivity index (χ0v) is 13.8. The maximum absolute atomic E-state index is 5.86. The van der Waals surface area contributed by atoms with Gasteiger partial charge in [0, 0.05) is 37.2 Å². The summed E-state index contributed by atoms with van der Waals surface area (Å²) in [4.78, 5) is 2.74. The number of hydrogen-bond acceptors (Lipinski definition) is 3. The van der Waals surface area contributed by atoms with Crippen molar-refractivity contribution in [3.05, 3.63) is 0 Å². The molecule has 3 nitrogen and oxygen atoms in total. The number of nitrogens with one attached hydrogen (secondary N) is 1. The van der Waals surface area contributed by atoms with E-state index in [1.54, 1.807) is 0 Å². The summed E-state index contributed by atoms with van der Waals surface area (Å²) in [7, 11) is 0. The highest BCUT2D eigenvalue weighted by Gasteiger charge is 2.36. The highest BCUT2D eigenvalue weighted by atomic mass is 16.5. The summed E-state index contributed by atoms with van der Waals surface area (Å²) < 4.78 is 5.86. The van der Waals surface area contributed by atoms with E-state index in [1.807, 2.05) is 0 Å². The normalized spacial score (nSPS) is 33.3. The Hall–Kier alpha value is -0.120. The van der Waals surface area contributed by atoms with Gasteiger partial charge >= 0.3 is 0 Å². The number of nitrogens with zero attached hydrogens (tertiary/aromatic N) is 1. The van der Waals surface area contributed by atoms with Gasteiger partial charge in [0.2, 0.25) is 0 Å². The van der Waals surface area contributed by atoms with E-state index in [2.05, 4.69) is 31.0 Å². The number of hydrogen-bond donors (Lipinski definition) is 1. The average molecular weight is 282 g/mol. The Balaban J connectivity index is 1.98. The summed E-state index contributed by atoms with van der Waals surface area (Å²) >= 11 is 0. The van der Waals surface area contributed by atoms with Crippen LogP contribution < -0.4 is 5.32 Å². The molecule has 20 heavy (non-hydrogen) atoms. The standard InChI is InChI=1S/C17H34N2O/c1-15(2)18-12-17(9-7-11-20-14-17)13-19-10-6-4-5-8-16(19)3/h15-16,18H,4-14H2,1-3H3. The second-order valence-corrected chi connectivity index (χ2v) is 7.36. The topological polar surface area (TPSA) is 24.5 Å². The first-order chi connectivity index (χ1) is 9.61. The van der Waals surface area contributed by atoms with Crippen LogP contribution in [0.4, 0.5) is 0 Å². The van der Waals surface area contributed by atoms with E-state index in [-0.39, 0.29) is 0 Å². The smallest absolute Gasteiger partial charge is 0.0546 e. The minimum atomic E-state index is 0.334. The van der Waals surface area contributed by atoms with Crippen LogP contribution in [0.25, 0.3) is 0 Å². The van der Waals surface area contributed by atoms with Gasteiger partial charge in [-0.1, -0.05) is 26.7 Å². The Morgan fingerprint density at radius 2 is 2.10 bits per heavy atom.